The monoisotopic (exact) mass is 364 g/mol. The van der Waals surface area contributed by atoms with E-state index in [2.05, 4.69) is 67.1 Å². The molecule has 2 heteroatoms. The van der Waals surface area contributed by atoms with Gasteiger partial charge in [0.2, 0.25) is 0 Å². The van der Waals surface area contributed by atoms with E-state index in [1.165, 1.54) is 69.3 Å². The Hall–Kier alpha value is -1.54. The van der Waals surface area contributed by atoms with Gasteiger partial charge < -0.3 is 9.80 Å². The molecule has 0 N–H and O–H groups in total. The first-order chi connectivity index (χ1) is 13.1. The van der Waals surface area contributed by atoms with Crippen molar-refractivity contribution in [3.8, 4) is 0 Å². The van der Waals surface area contributed by atoms with Crippen molar-refractivity contribution in [3.05, 3.63) is 58.8 Å². The molecule has 0 bridgehead atoms. The van der Waals surface area contributed by atoms with E-state index < -0.39 is 0 Å². The van der Waals surface area contributed by atoms with Crippen molar-refractivity contribution in [1.82, 2.24) is 9.80 Å². The van der Waals surface area contributed by atoms with Crippen LogP contribution in [0.5, 0.6) is 0 Å². The van der Waals surface area contributed by atoms with Crippen molar-refractivity contribution in [3.63, 3.8) is 0 Å². The predicted octanol–water partition coefficient (Wildman–Crippen LogP) is 5.20. The molecule has 2 nitrogen and oxygen atoms in total. The van der Waals surface area contributed by atoms with Crippen LogP contribution < -0.4 is 0 Å². The molecule has 2 aliphatic carbocycles. The second-order valence-electron chi connectivity index (χ2n) is 9.10. The van der Waals surface area contributed by atoms with Gasteiger partial charge in [0.1, 0.15) is 0 Å². The van der Waals surface area contributed by atoms with Gasteiger partial charge in [-0.2, -0.15) is 0 Å². The number of rotatable bonds is 5. The molecule has 0 radical (unpaired) electrons. The first-order valence-corrected chi connectivity index (χ1v) is 11.0. The highest BCUT2D eigenvalue weighted by Gasteiger charge is 2.30. The summed E-state index contributed by atoms with van der Waals surface area (Å²) in [6, 6.07) is 10.5. The van der Waals surface area contributed by atoms with Crippen LogP contribution in [0.3, 0.4) is 0 Å². The SMILES string of the molecule is CC1=CC(C)CC=C1N(CCC1CCCCN1C)C1Cc2ccccc2C1. The molecule has 2 unspecified atom stereocenters. The summed E-state index contributed by atoms with van der Waals surface area (Å²) in [5, 5.41) is 0. The van der Waals surface area contributed by atoms with Crippen LogP contribution in [0.4, 0.5) is 0 Å². The Balaban J connectivity index is 1.52. The fourth-order valence-electron chi connectivity index (χ4n) is 5.44. The van der Waals surface area contributed by atoms with E-state index in [0.29, 0.717) is 12.0 Å². The van der Waals surface area contributed by atoms with Gasteiger partial charge in [0, 0.05) is 24.3 Å². The van der Waals surface area contributed by atoms with Gasteiger partial charge in [0.15, 0.2) is 0 Å². The Morgan fingerprint density at radius 2 is 1.85 bits per heavy atom. The highest BCUT2D eigenvalue weighted by atomic mass is 15.2. The van der Waals surface area contributed by atoms with E-state index in [9.17, 15) is 0 Å². The summed E-state index contributed by atoms with van der Waals surface area (Å²) >= 11 is 0. The third-order valence-electron chi connectivity index (χ3n) is 7.03. The molecule has 146 valence electrons. The third-order valence-corrected chi connectivity index (χ3v) is 7.03. The smallest absolute Gasteiger partial charge is 0.0370 e. The van der Waals surface area contributed by atoms with Gasteiger partial charge in [-0.05, 0) is 81.7 Å². The molecule has 1 saturated heterocycles. The van der Waals surface area contributed by atoms with Crippen LogP contribution in [-0.2, 0) is 12.8 Å². The van der Waals surface area contributed by atoms with Gasteiger partial charge in [-0.3, -0.25) is 0 Å². The summed E-state index contributed by atoms with van der Waals surface area (Å²) in [7, 11) is 2.33. The molecule has 4 rings (SSSR count). The topological polar surface area (TPSA) is 6.48 Å². The Bertz CT molecular complexity index is 692. The minimum atomic E-state index is 0.624. The zero-order chi connectivity index (χ0) is 18.8. The van der Waals surface area contributed by atoms with E-state index in [1.54, 1.807) is 11.1 Å². The molecule has 0 spiro atoms. The molecule has 3 aliphatic rings. The third kappa shape index (κ3) is 4.16. The van der Waals surface area contributed by atoms with Gasteiger partial charge in [-0.15, -0.1) is 0 Å². The van der Waals surface area contributed by atoms with E-state index in [0.717, 1.165) is 6.04 Å². The van der Waals surface area contributed by atoms with E-state index in [1.807, 2.05) is 0 Å². The minimum Gasteiger partial charge on any atom is -0.368 e. The molecule has 1 aromatic rings. The Labute approximate surface area is 165 Å². The highest BCUT2D eigenvalue weighted by molar-refractivity contribution is 5.37. The van der Waals surface area contributed by atoms with Crippen LogP contribution in [0, 0.1) is 5.92 Å². The average molecular weight is 365 g/mol. The first-order valence-electron chi connectivity index (χ1n) is 11.0. The Morgan fingerprint density at radius 3 is 2.52 bits per heavy atom. The number of likely N-dealkylation sites (tertiary alicyclic amines) is 1. The normalized spacial score (nSPS) is 26.5. The number of fused-ring (bicyclic) bond motifs is 1. The first kappa shape index (κ1) is 18.8. The number of benzene rings is 1. The van der Waals surface area contributed by atoms with Crippen LogP contribution >= 0.6 is 0 Å². The Kier molecular flexibility index (Phi) is 5.73. The van der Waals surface area contributed by atoms with Crippen molar-refractivity contribution in [1.29, 1.82) is 0 Å². The molecule has 27 heavy (non-hydrogen) atoms. The van der Waals surface area contributed by atoms with Gasteiger partial charge in [-0.25, -0.2) is 0 Å². The van der Waals surface area contributed by atoms with E-state index >= 15 is 0 Å². The lowest BCUT2D eigenvalue weighted by atomic mass is 9.93. The molecular weight excluding hydrogens is 328 g/mol. The number of allylic oxidation sites excluding steroid dienone is 3. The second kappa shape index (κ2) is 8.22. The molecular formula is C25H36N2. The maximum Gasteiger partial charge on any atom is 0.0370 e. The molecule has 0 aromatic heterocycles. The van der Waals surface area contributed by atoms with Gasteiger partial charge in [0.25, 0.3) is 0 Å². The lowest BCUT2D eigenvalue weighted by Gasteiger charge is -2.39. The van der Waals surface area contributed by atoms with Crippen molar-refractivity contribution < 1.29 is 0 Å². The zero-order valence-corrected chi connectivity index (χ0v) is 17.5. The molecule has 1 aromatic carbocycles. The van der Waals surface area contributed by atoms with Gasteiger partial charge in [-0.1, -0.05) is 49.8 Å². The number of nitrogens with zero attached hydrogens (tertiary/aromatic N) is 2. The summed E-state index contributed by atoms with van der Waals surface area (Å²) in [6.07, 6.45) is 14.1. The van der Waals surface area contributed by atoms with Crippen molar-refractivity contribution in [2.45, 2.75) is 70.9 Å². The Morgan fingerprint density at radius 1 is 1.11 bits per heavy atom. The minimum absolute atomic E-state index is 0.624. The predicted molar refractivity (Wildman–Crippen MR) is 115 cm³/mol. The van der Waals surface area contributed by atoms with Crippen molar-refractivity contribution in [2.75, 3.05) is 20.1 Å². The maximum absolute atomic E-state index is 2.78. The van der Waals surface area contributed by atoms with Crippen LogP contribution in [0.25, 0.3) is 0 Å². The summed E-state index contributed by atoms with van der Waals surface area (Å²) in [4.78, 5) is 5.38. The average Bonchev–Trinajstić information content (AvgIpc) is 3.08. The van der Waals surface area contributed by atoms with E-state index in [-0.39, 0.29) is 0 Å². The van der Waals surface area contributed by atoms with Crippen LogP contribution in [0.2, 0.25) is 0 Å². The lowest BCUT2D eigenvalue weighted by Crippen LogP contribution is -2.42. The van der Waals surface area contributed by atoms with Crippen molar-refractivity contribution >= 4 is 0 Å². The van der Waals surface area contributed by atoms with Crippen LogP contribution in [0.15, 0.2) is 47.7 Å². The van der Waals surface area contributed by atoms with E-state index in [4.69, 9.17) is 0 Å². The number of hydrogen-bond donors (Lipinski definition) is 0. The van der Waals surface area contributed by atoms with Crippen LogP contribution in [0.1, 0.15) is 57.1 Å². The summed E-state index contributed by atoms with van der Waals surface area (Å²) in [6.45, 7) is 7.13. The fourth-order valence-corrected chi connectivity index (χ4v) is 5.44. The fraction of sp³-hybridized carbons (Fsp3) is 0.600. The van der Waals surface area contributed by atoms with Crippen LogP contribution in [-0.4, -0.2) is 42.0 Å². The maximum atomic E-state index is 2.78. The van der Waals surface area contributed by atoms with Crippen molar-refractivity contribution in [2.24, 2.45) is 5.92 Å². The van der Waals surface area contributed by atoms with Gasteiger partial charge in [0.05, 0.1) is 0 Å². The quantitative estimate of drug-likeness (QED) is 0.708. The number of hydrogen-bond acceptors (Lipinski definition) is 2. The summed E-state index contributed by atoms with van der Waals surface area (Å²) in [5.41, 5.74) is 6.13. The molecule has 1 aliphatic heterocycles. The molecule has 1 heterocycles. The molecule has 2 atom stereocenters. The second-order valence-corrected chi connectivity index (χ2v) is 9.10. The van der Waals surface area contributed by atoms with Gasteiger partial charge >= 0.3 is 0 Å². The standard InChI is InChI=1S/C25H36N2/c1-19-11-12-25(20(2)16-19)27(15-13-23-10-6-7-14-26(23)3)24-17-21-8-4-5-9-22(21)18-24/h4-5,8-9,12,16,19,23-24H,6-7,10-11,13-15,17-18H2,1-3H3. The zero-order valence-electron chi connectivity index (χ0n) is 17.5. The largest absolute Gasteiger partial charge is 0.368 e. The molecule has 0 saturated carbocycles. The highest BCUT2D eigenvalue weighted by Crippen LogP contribution is 2.33. The number of piperidine rings is 1. The lowest BCUT2D eigenvalue weighted by molar-refractivity contribution is 0.152. The molecule has 0 amide bonds. The summed E-state index contributed by atoms with van der Waals surface area (Å²) in [5.74, 6) is 0.681. The summed E-state index contributed by atoms with van der Waals surface area (Å²) < 4.78 is 0. The molecule has 1 fully saturated rings.